The van der Waals surface area contributed by atoms with Gasteiger partial charge in [0.25, 0.3) is 0 Å². The van der Waals surface area contributed by atoms with E-state index in [1.54, 1.807) is 0 Å². The number of para-hydroxylation sites is 3. The Morgan fingerprint density at radius 2 is 1.12 bits per heavy atom. The summed E-state index contributed by atoms with van der Waals surface area (Å²) in [4.78, 5) is 5.32. The molecule has 0 N–H and O–H groups in total. The van der Waals surface area contributed by atoms with Gasteiger partial charge in [0, 0.05) is 44.5 Å². The molecule has 9 aromatic carbocycles. The standard InChI is InChI=1S/C69H51N3.C2H6/c1-44-21-6-7-24-48(44)54-43-47(42-41-45(54)2)71-60-35-17-12-29-53(60)68-63(71)38-20-40-65(68)72(64-39-19-37-62-67(64)52-28-11-16-34-59(52)70(62)46-22-4-3-5-23-46)61-36-18-33-58-66(61)51-27-10-15-32-57(51)69(58)55-30-13-8-25-49(55)50-26-9-14-31-56(50)69;1-2/h3-5,7-20,22-37,39-43,63H,6,21,38H2,1-2H3;1-2H3. The number of nitrogens with zero attached hydrogens (tertiary/aromatic N) is 3. The van der Waals surface area contributed by atoms with Crippen molar-refractivity contribution in [1.29, 1.82) is 0 Å². The van der Waals surface area contributed by atoms with E-state index >= 15 is 0 Å². The van der Waals surface area contributed by atoms with Gasteiger partial charge in [-0.25, -0.2) is 0 Å². The van der Waals surface area contributed by atoms with Crippen molar-refractivity contribution in [3.63, 3.8) is 0 Å². The fourth-order valence-electron chi connectivity index (χ4n) is 13.7. The smallest absolute Gasteiger partial charge is 0.0726 e. The second kappa shape index (κ2) is 17.2. The van der Waals surface area contributed by atoms with Crippen LogP contribution in [0.25, 0.3) is 60.9 Å². The number of aromatic nitrogens is 1. The van der Waals surface area contributed by atoms with Crippen molar-refractivity contribution in [3.8, 4) is 27.9 Å². The highest BCUT2D eigenvalue weighted by atomic mass is 15.2. The van der Waals surface area contributed by atoms with Gasteiger partial charge >= 0.3 is 0 Å². The van der Waals surface area contributed by atoms with Crippen LogP contribution in [0.1, 0.15) is 79.0 Å². The Bertz CT molecular complexity index is 4020. The molecule has 1 aliphatic heterocycles. The first-order valence-corrected chi connectivity index (χ1v) is 26.7. The minimum atomic E-state index is -0.486. The van der Waals surface area contributed by atoms with Gasteiger partial charge in [-0.2, -0.15) is 0 Å². The van der Waals surface area contributed by atoms with E-state index in [1.165, 1.54) is 122 Å². The summed E-state index contributed by atoms with van der Waals surface area (Å²) in [7, 11) is 0. The number of allylic oxidation sites excluding steroid dienone is 5. The molecular weight excluding hydrogens is 895 g/mol. The SMILES string of the molecule is CC.CC1=C(c2cc(N3c4ccccc4C4=C(N(c5cccc6c5-c5ccccc5C65c6ccccc6-c6ccccc65)c5cccc6c5c5ccccc5n6-c5ccccc5)C=CCC43)ccc2C)C=CCC1. The molecule has 2 heterocycles. The topological polar surface area (TPSA) is 11.4 Å². The normalized spacial score (nSPS) is 16.2. The molecule has 1 atom stereocenters. The van der Waals surface area contributed by atoms with Gasteiger partial charge in [0.05, 0.1) is 39.6 Å². The lowest BCUT2D eigenvalue weighted by atomic mass is 9.70. The number of aryl methyl sites for hydroxylation is 1. The van der Waals surface area contributed by atoms with Gasteiger partial charge < -0.3 is 14.4 Å². The summed E-state index contributed by atoms with van der Waals surface area (Å²) in [6, 6.07) is 77.9. The predicted octanol–water partition coefficient (Wildman–Crippen LogP) is 18.6. The van der Waals surface area contributed by atoms with E-state index < -0.39 is 5.41 Å². The molecule has 0 radical (unpaired) electrons. The molecule has 1 spiro atoms. The lowest BCUT2D eigenvalue weighted by Crippen LogP contribution is -2.31. The molecule has 0 bridgehead atoms. The average molecular weight is 952 g/mol. The zero-order valence-electron chi connectivity index (χ0n) is 42.5. The molecular formula is C71H57N3. The molecule has 1 aromatic heterocycles. The molecule has 0 saturated heterocycles. The first kappa shape index (κ1) is 44.1. The molecule has 3 nitrogen and oxygen atoms in total. The van der Waals surface area contributed by atoms with Gasteiger partial charge in [-0.15, -0.1) is 0 Å². The highest BCUT2D eigenvalue weighted by molar-refractivity contribution is 6.17. The zero-order valence-corrected chi connectivity index (χ0v) is 42.5. The molecule has 3 heteroatoms. The highest BCUT2D eigenvalue weighted by Gasteiger charge is 2.52. The molecule has 0 fully saturated rings. The third kappa shape index (κ3) is 6.13. The first-order valence-electron chi connectivity index (χ1n) is 26.7. The summed E-state index contributed by atoms with van der Waals surface area (Å²) in [6.07, 6.45) is 12.7. The van der Waals surface area contributed by atoms with Crippen LogP contribution < -0.4 is 9.80 Å². The van der Waals surface area contributed by atoms with Crippen molar-refractivity contribution in [1.82, 2.24) is 4.57 Å². The van der Waals surface area contributed by atoms with Gasteiger partial charge in [-0.1, -0.05) is 189 Å². The van der Waals surface area contributed by atoms with Crippen LogP contribution in [0.3, 0.4) is 0 Å². The Morgan fingerprint density at radius 3 is 1.89 bits per heavy atom. The third-order valence-electron chi connectivity index (χ3n) is 16.6. The molecule has 356 valence electrons. The van der Waals surface area contributed by atoms with Crippen LogP contribution >= 0.6 is 0 Å². The van der Waals surface area contributed by atoms with E-state index in [-0.39, 0.29) is 6.04 Å². The van der Waals surface area contributed by atoms with E-state index in [4.69, 9.17) is 0 Å². The number of fused-ring (bicyclic) bond motifs is 16. The van der Waals surface area contributed by atoms with Crippen LogP contribution in [-0.2, 0) is 5.41 Å². The summed E-state index contributed by atoms with van der Waals surface area (Å²) in [6.45, 7) is 8.58. The maximum absolute atomic E-state index is 2.67. The van der Waals surface area contributed by atoms with Crippen LogP contribution in [0.4, 0.5) is 22.7 Å². The predicted molar refractivity (Wildman–Crippen MR) is 312 cm³/mol. The summed E-state index contributed by atoms with van der Waals surface area (Å²) in [5.74, 6) is 0. The molecule has 0 saturated carbocycles. The minimum absolute atomic E-state index is 0.0614. The van der Waals surface area contributed by atoms with Crippen molar-refractivity contribution in [2.75, 3.05) is 9.80 Å². The second-order valence-corrected chi connectivity index (χ2v) is 20.3. The molecule has 0 amide bonds. The number of benzene rings is 9. The summed E-state index contributed by atoms with van der Waals surface area (Å²) in [5.41, 5.74) is 27.7. The number of hydrogen-bond donors (Lipinski definition) is 0. The largest absolute Gasteiger partial charge is 0.333 e. The van der Waals surface area contributed by atoms with Gasteiger partial charge in [0.1, 0.15) is 0 Å². The number of hydrogen-bond acceptors (Lipinski definition) is 2. The van der Waals surface area contributed by atoms with Crippen LogP contribution in [0.2, 0.25) is 0 Å². The van der Waals surface area contributed by atoms with Crippen LogP contribution in [0.15, 0.2) is 242 Å². The zero-order chi connectivity index (χ0) is 49.7. The van der Waals surface area contributed by atoms with Crippen LogP contribution in [-0.4, -0.2) is 10.6 Å². The summed E-state index contributed by atoms with van der Waals surface area (Å²) < 4.78 is 2.45. The van der Waals surface area contributed by atoms with Gasteiger partial charge in [-0.3, -0.25) is 0 Å². The van der Waals surface area contributed by atoms with Crippen LogP contribution in [0, 0.1) is 6.92 Å². The maximum Gasteiger partial charge on any atom is 0.0726 e. The quantitative estimate of drug-likeness (QED) is 0.165. The lowest BCUT2D eigenvalue weighted by Gasteiger charge is -2.36. The van der Waals surface area contributed by atoms with E-state index in [9.17, 15) is 0 Å². The Labute approximate surface area is 435 Å². The van der Waals surface area contributed by atoms with E-state index in [2.05, 4.69) is 259 Å². The Hall–Kier alpha value is -8.66. The fourth-order valence-corrected chi connectivity index (χ4v) is 13.7. The molecule has 1 unspecified atom stereocenters. The Balaban J connectivity index is 0.00000249. The van der Waals surface area contributed by atoms with Crippen molar-refractivity contribution < 1.29 is 0 Å². The van der Waals surface area contributed by atoms with E-state index in [0.29, 0.717) is 0 Å². The highest BCUT2D eigenvalue weighted by Crippen LogP contribution is 2.65. The lowest BCUT2D eigenvalue weighted by molar-refractivity contribution is 0.793. The van der Waals surface area contributed by atoms with Gasteiger partial charge in [-0.05, 0) is 149 Å². The van der Waals surface area contributed by atoms with Crippen molar-refractivity contribution in [2.24, 2.45) is 0 Å². The maximum atomic E-state index is 2.67. The van der Waals surface area contributed by atoms with Crippen molar-refractivity contribution in [3.05, 3.63) is 281 Å². The molecule has 74 heavy (non-hydrogen) atoms. The van der Waals surface area contributed by atoms with Crippen molar-refractivity contribution >= 4 is 55.7 Å². The van der Waals surface area contributed by atoms with Gasteiger partial charge in [0.2, 0.25) is 0 Å². The molecule has 5 aliphatic rings. The van der Waals surface area contributed by atoms with Crippen LogP contribution in [0.5, 0.6) is 0 Å². The molecule has 10 aromatic rings. The van der Waals surface area contributed by atoms with Crippen molar-refractivity contribution in [2.45, 2.75) is 58.4 Å². The van der Waals surface area contributed by atoms with Gasteiger partial charge in [0.15, 0.2) is 0 Å². The minimum Gasteiger partial charge on any atom is -0.333 e. The Morgan fingerprint density at radius 1 is 0.500 bits per heavy atom. The molecule has 15 rings (SSSR count). The Kier molecular flexibility index (Phi) is 10.3. The summed E-state index contributed by atoms with van der Waals surface area (Å²) in [5, 5.41) is 2.45. The number of rotatable bonds is 6. The summed E-state index contributed by atoms with van der Waals surface area (Å²) >= 11 is 0. The third-order valence-corrected chi connectivity index (χ3v) is 16.6. The average Bonchev–Trinajstić information content (AvgIpc) is 4.30. The monoisotopic (exact) mass is 951 g/mol. The van der Waals surface area contributed by atoms with E-state index in [1.807, 2.05) is 13.8 Å². The number of anilines is 4. The van der Waals surface area contributed by atoms with E-state index in [0.717, 1.165) is 30.6 Å². The fraction of sp³-hybridized carbons (Fsp3) is 0.127. The second-order valence-electron chi connectivity index (χ2n) is 20.3. The first-order chi connectivity index (χ1) is 36.6. The molecule has 4 aliphatic carbocycles.